The van der Waals surface area contributed by atoms with Crippen LogP contribution in [0.2, 0.25) is 0 Å². The Morgan fingerprint density at radius 1 is 1.07 bits per heavy atom. The molecule has 0 heterocycles. The van der Waals surface area contributed by atoms with E-state index in [0.29, 0.717) is 0 Å². The maximum atomic E-state index is 10.3. The van der Waals surface area contributed by atoms with E-state index in [1.54, 1.807) is 0 Å². The van der Waals surface area contributed by atoms with Crippen LogP contribution in [0.5, 0.6) is 0 Å². The summed E-state index contributed by atoms with van der Waals surface area (Å²) >= 11 is 0. The van der Waals surface area contributed by atoms with Gasteiger partial charge >= 0.3 is 58.2 Å². The van der Waals surface area contributed by atoms with E-state index in [9.17, 15) is 20.2 Å². The zero-order chi connectivity index (χ0) is 10.0. The van der Waals surface area contributed by atoms with Gasteiger partial charge in [-0.3, -0.25) is 20.2 Å². The Kier molecular flexibility index (Phi) is 5.35. The molecule has 0 saturated carbocycles. The summed E-state index contributed by atoms with van der Waals surface area (Å²) in [6, 6.07) is 3.28. The van der Waals surface area contributed by atoms with Crippen LogP contribution in [0.3, 0.4) is 0 Å². The Bertz CT molecular complexity index is 349. The van der Waals surface area contributed by atoms with Gasteiger partial charge in [0.1, 0.15) is 0 Å². The van der Waals surface area contributed by atoms with Gasteiger partial charge in [-0.25, -0.2) is 0 Å². The number of nitro benzene ring substituents is 2. The summed E-state index contributed by atoms with van der Waals surface area (Å²) in [7, 11) is 0. The average molecular weight is 268 g/mol. The molecule has 0 amide bonds. The fourth-order valence-corrected chi connectivity index (χ4v) is 0.833. The van der Waals surface area contributed by atoms with Crippen molar-refractivity contribution in [3.8, 4) is 0 Å². The van der Waals surface area contributed by atoms with Crippen molar-refractivity contribution in [2.75, 3.05) is 0 Å². The Morgan fingerprint density at radius 2 is 1.43 bits per heavy atom. The minimum atomic E-state index is -0.824. The number of rotatable bonds is 2. The third-order valence-electron chi connectivity index (χ3n) is 1.41. The van der Waals surface area contributed by atoms with Gasteiger partial charge in [0.05, 0.1) is 9.85 Å². The maximum absolute atomic E-state index is 10.3. The first-order valence-corrected chi connectivity index (χ1v) is 3.17. The first kappa shape index (κ1) is 13.6. The second kappa shape index (κ2) is 5.49. The van der Waals surface area contributed by atoms with E-state index in [-0.39, 0.29) is 58.2 Å². The fourth-order valence-electron chi connectivity index (χ4n) is 0.833. The van der Waals surface area contributed by atoms with E-state index in [1.165, 1.54) is 6.07 Å². The van der Waals surface area contributed by atoms with Crippen LogP contribution >= 0.6 is 0 Å². The Morgan fingerprint density at radius 3 is 1.71 bits per heavy atom. The third kappa shape index (κ3) is 2.81. The molecule has 14 heavy (non-hydrogen) atoms. The van der Waals surface area contributed by atoms with Crippen molar-refractivity contribution in [2.24, 2.45) is 0 Å². The van der Waals surface area contributed by atoms with Gasteiger partial charge in [-0.1, -0.05) is 0 Å². The predicted molar refractivity (Wildman–Crippen MR) is 43.7 cm³/mol. The average Bonchev–Trinajstić information content (AvgIpc) is 2.03. The summed E-state index contributed by atoms with van der Waals surface area (Å²) in [5.41, 5.74) is 5.33. The van der Waals surface area contributed by atoms with E-state index >= 15 is 0 Å². The molecule has 0 saturated heterocycles. The fraction of sp³-hybridized carbons (Fsp3) is 0. The van der Waals surface area contributed by atoms with Crippen LogP contribution in [0.4, 0.5) is 17.1 Å². The molecule has 0 aliphatic heterocycles. The van der Waals surface area contributed by atoms with Crippen LogP contribution in [0.15, 0.2) is 18.2 Å². The van der Waals surface area contributed by atoms with Crippen LogP contribution in [-0.4, -0.2) is 9.85 Å². The normalized spacial score (nSPS) is 8.86. The van der Waals surface area contributed by atoms with Gasteiger partial charge in [-0.2, -0.15) is 0 Å². The van der Waals surface area contributed by atoms with E-state index in [2.05, 4.69) is 0 Å². The minimum Gasteiger partial charge on any atom is -0.688 e. The van der Waals surface area contributed by atoms with Crippen molar-refractivity contribution in [2.45, 2.75) is 0 Å². The number of hydrogen-bond donors (Lipinski definition) is 0. The zero-order valence-corrected chi connectivity index (χ0v) is 12.2. The second-order valence-corrected chi connectivity index (χ2v) is 2.19. The van der Waals surface area contributed by atoms with Gasteiger partial charge in [0.25, 0.3) is 11.4 Å². The Hall–Kier alpha value is -0.375. The second-order valence-electron chi connectivity index (χ2n) is 2.19. The third-order valence-corrected chi connectivity index (χ3v) is 1.41. The molecule has 68 valence electrons. The van der Waals surface area contributed by atoms with Crippen LogP contribution in [-0.2, 0) is 0 Å². The molecule has 0 fully saturated rings. The molecule has 1 N–H and O–H groups in total. The summed E-state index contributed by atoms with van der Waals surface area (Å²) < 4.78 is 0. The van der Waals surface area contributed by atoms with Gasteiger partial charge < -0.3 is 5.73 Å². The van der Waals surface area contributed by atoms with Gasteiger partial charge in [0.2, 0.25) is 0 Å². The molecule has 0 aliphatic carbocycles. The van der Waals surface area contributed by atoms with Crippen molar-refractivity contribution in [1.82, 2.24) is 0 Å². The molecule has 0 atom stereocenters. The summed E-state index contributed by atoms with van der Waals surface area (Å²) in [4.78, 5) is 18.9. The summed E-state index contributed by atoms with van der Waals surface area (Å²) in [5.74, 6) is 0. The van der Waals surface area contributed by atoms with E-state index in [0.717, 1.165) is 12.1 Å². The molecule has 0 bridgehead atoms. The standard InChI is InChI=1S/C6H4N3O4.Rb/c7-6-4(8(10)11)2-1-3-5(6)9(12)13;/h1-3,7H;/q-1;+1. The molecule has 0 spiro atoms. The summed E-state index contributed by atoms with van der Waals surface area (Å²) in [5, 5.41) is 20.5. The molecule has 1 aromatic rings. The van der Waals surface area contributed by atoms with Crippen LogP contribution in [0.25, 0.3) is 5.73 Å². The topological polar surface area (TPSA) is 110 Å². The maximum Gasteiger partial charge on any atom is 1.00 e. The first-order valence-electron chi connectivity index (χ1n) is 3.17. The minimum absolute atomic E-state index is 0. The summed E-state index contributed by atoms with van der Waals surface area (Å²) in [6.07, 6.45) is 0. The Balaban J connectivity index is 0.00000169. The number of nitro groups is 2. The molecule has 0 aromatic heterocycles. The number of nitrogens with one attached hydrogen (secondary N) is 1. The first-order chi connectivity index (χ1) is 6.04. The van der Waals surface area contributed by atoms with Crippen LogP contribution in [0.1, 0.15) is 0 Å². The van der Waals surface area contributed by atoms with Crippen molar-refractivity contribution < 1.29 is 68.0 Å². The monoisotopic (exact) mass is 267 g/mol. The number of benzene rings is 1. The van der Waals surface area contributed by atoms with Crippen LogP contribution in [0, 0.1) is 20.2 Å². The number of hydrogen-bond acceptors (Lipinski definition) is 4. The van der Waals surface area contributed by atoms with Crippen molar-refractivity contribution in [3.05, 3.63) is 44.2 Å². The molecule has 0 radical (unpaired) electrons. The molecule has 0 unspecified atom stereocenters. The molecule has 8 heteroatoms. The van der Waals surface area contributed by atoms with Gasteiger partial charge in [-0.05, 0) is 6.07 Å². The summed E-state index contributed by atoms with van der Waals surface area (Å²) in [6.45, 7) is 0. The quantitative estimate of drug-likeness (QED) is 0.515. The molecular weight excluding hydrogens is 264 g/mol. The SMILES string of the molecule is [NH-]c1c([N+](=O)[O-])cccc1[N+](=O)[O-].[Rb+]. The van der Waals surface area contributed by atoms with E-state index in [1.807, 2.05) is 0 Å². The Labute approximate surface area is 127 Å². The van der Waals surface area contributed by atoms with Gasteiger partial charge in [0.15, 0.2) is 0 Å². The van der Waals surface area contributed by atoms with Gasteiger partial charge in [-0.15, -0.1) is 0 Å². The molecule has 0 aliphatic rings. The van der Waals surface area contributed by atoms with E-state index < -0.39 is 26.9 Å². The van der Waals surface area contributed by atoms with Gasteiger partial charge in [0, 0.05) is 17.8 Å². The molecule has 7 nitrogen and oxygen atoms in total. The zero-order valence-electron chi connectivity index (χ0n) is 7.26. The molecular formula is C6H4N3O4Rb. The van der Waals surface area contributed by atoms with Crippen molar-refractivity contribution >= 4 is 17.1 Å². The molecule has 1 aromatic carbocycles. The predicted octanol–water partition coefficient (Wildman–Crippen LogP) is -0.809. The number of nitrogens with zero attached hydrogens (tertiary/aromatic N) is 2. The van der Waals surface area contributed by atoms with Crippen molar-refractivity contribution in [3.63, 3.8) is 0 Å². The van der Waals surface area contributed by atoms with Crippen molar-refractivity contribution in [1.29, 1.82) is 0 Å². The molecule has 1 rings (SSSR count). The van der Waals surface area contributed by atoms with E-state index in [4.69, 9.17) is 5.73 Å². The van der Waals surface area contributed by atoms with Crippen LogP contribution < -0.4 is 58.2 Å². The smallest absolute Gasteiger partial charge is 0.688 e. The largest absolute Gasteiger partial charge is 1.00 e.